The van der Waals surface area contributed by atoms with E-state index in [1.165, 1.54) is 0 Å². The summed E-state index contributed by atoms with van der Waals surface area (Å²) in [5.74, 6) is -0.852. The van der Waals surface area contributed by atoms with Gasteiger partial charge in [0.1, 0.15) is 0 Å². The van der Waals surface area contributed by atoms with Crippen LogP contribution < -0.4 is 5.32 Å². The number of halogens is 1. The highest BCUT2D eigenvalue weighted by Gasteiger charge is 2.39. The number of hydrogen-bond acceptors (Lipinski definition) is 2. The van der Waals surface area contributed by atoms with Gasteiger partial charge in [-0.1, -0.05) is 23.7 Å². The van der Waals surface area contributed by atoms with Crippen molar-refractivity contribution < 1.29 is 14.7 Å². The fourth-order valence-electron chi connectivity index (χ4n) is 2.52. The van der Waals surface area contributed by atoms with Crippen LogP contribution >= 0.6 is 11.6 Å². The first kappa shape index (κ1) is 15.6. The Kier molecular flexibility index (Phi) is 4.73. The third-order valence-corrected chi connectivity index (χ3v) is 4.07. The number of aliphatic carboxylic acids is 1. The van der Waals surface area contributed by atoms with Crippen molar-refractivity contribution in [2.24, 2.45) is 5.41 Å². The molecule has 21 heavy (non-hydrogen) atoms. The molecular formula is C15H19ClN2O3. The highest BCUT2D eigenvalue weighted by atomic mass is 35.5. The number of carbonyl (C=O) groups excluding carboxylic acids is 1. The summed E-state index contributed by atoms with van der Waals surface area (Å²) in [5.41, 5.74) is 0.0555. The molecule has 2 amide bonds. The number of nitrogens with zero attached hydrogens (tertiary/aromatic N) is 1. The SMILES string of the molecule is CC1(C(=O)O)CCCN(C(=O)NCc2cccc(Cl)c2)C1. The van der Waals surface area contributed by atoms with Gasteiger partial charge in [-0.3, -0.25) is 4.79 Å². The number of urea groups is 1. The Morgan fingerprint density at radius 2 is 2.24 bits per heavy atom. The molecule has 1 aromatic rings. The lowest BCUT2D eigenvalue weighted by Gasteiger charge is -2.37. The van der Waals surface area contributed by atoms with Gasteiger partial charge in [0.2, 0.25) is 0 Å². The minimum atomic E-state index is -0.856. The molecule has 1 fully saturated rings. The normalized spacial score (nSPS) is 21.9. The van der Waals surface area contributed by atoms with Crippen LogP contribution in [0.3, 0.4) is 0 Å². The molecule has 5 nitrogen and oxygen atoms in total. The first-order chi connectivity index (χ1) is 9.90. The number of carbonyl (C=O) groups is 2. The van der Waals surface area contributed by atoms with E-state index in [9.17, 15) is 14.7 Å². The van der Waals surface area contributed by atoms with Crippen LogP contribution in [0.25, 0.3) is 0 Å². The summed E-state index contributed by atoms with van der Waals surface area (Å²) in [5, 5.41) is 12.7. The van der Waals surface area contributed by atoms with E-state index in [4.69, 9.17) is 11.6 Å². The van der Waals surface area contributed by atoms with Crippen LogP contribution in [-0.4, -0.2) is 35.1 Å². The van der Waals surface area contributed by atoms with E-state index < -0.39 is 11.4 Å². The zero-order chi connectivity index (χ0) is 15.5. The van der Waals surface area contributed by atoms with Crippen LogP contribution in [0, 0.1) is 5.41 Å². The average Bonchev–Trinajstić information content (AvgIpc) is 2.45. The predicted octanol–water partition coefficient (Wildman–Crippen LogP) is 2.74. The van der Waals surface area contributed by atoms with Gasteiger partial charge in [0.25, 0.3) is 0 Å². The minimum absolute atomic E-state index is 0.234. The number of hydrogen-bond donors (Lipinski definition) is 2. The summed E-state index contributed by atoms with van der Waals surface area (Å²) in [6.07, 6.45) is 1.30. The molecule has 1 atom stereocenters. The van der Waals surface area contributed by atoms with Crippen LogP contribution in [0.15, 0.2) is 24.3 Å². The maximum atomic E-state index is 12.2. The molecule has 0 spiro atoms. The second kappa shape index (κ2) is 6.35. The first-order valence-electron chi connectivity index (χ1n) is 6.91. The highest BCUT2D eigenvalue weighted by molar-refractivity contribution is 6.30. The lowest BCUT2D eigenvalue weighted by atomic mass is 9.82. The van der Waals surface area contributed by atoms with Crippen LogP contribution in [0.1, 0.15) is 25.3 Å². The van der Waals surface area contributed by atoms with Crippen molar-refractivity contribution in [2.45, 2.75) is 26.3 Å². The summed E-state index contributed by atoms with van der Waals surface area (Å²) < 4.78 is 0. The molecule has 0 aromatic heterocycles. The van der Waals surface area contributed by atoms with E-state index in [-0.39, 0.29) is 12.6 Å². The standard InChI is InChI=1S/C15H19ClN2O3/c1-15(13(19)20)6-3-7-18(10-15)14(21)17-9-11-4-2-5-12(16)8-11/h2,4-5,8H,3,6-7,9-10H2,1H3,(H,17,21)(H,19,20). The molecule has 0 bridgehead atoms. The van der Waals surface area contributed by atoms with Crippen LogP contribution in [-0.2, 0) is 11.3 Å². The molecular weight excluding hydrogens is 292 g/mol. The van der Waals surface area contributed by atoms with Crippen LogP contribution in [0.2, 0.25) is 5.02 Å². The third kappa shape index (κ3) is 3.88. The van der Waals surface area contributed by atoms with Crippen LogP contribution in [0.5, 0.6) is 0 Å². The summed E-state index contributed by atoms with van der Waals surface area (Å²) >= 11 is 5.89. The zero-order valence-corrected chi connectivity index (χ0v) is 12.7. The Hall–Kier alpha value is -1.75. The monoisotopic (exact) mass is 310 g/mol. The van der Waals surface area contributed by atoms with Gasteiger partial charge >= 0.3 is 12.0 Å². The van der Waals surface area contributed by atoms with Gasteiger partial charge in [0.05, 0.1) is 5.41 Å². The largest absolute Gasteiger partial charge is 0.481 e. The molecule has 1 saturated heterocycles. The lowest BCUT2D eigenvalue weighted by molar-refractivity contribution is -0.150. The van der Waals surface area contributed by atoms with E-state index in [0.29, 0.717) is 31.0 Å². The Labute approximate surface area is 128 Å². The molecule has 1 unspecified atom stereocenters. The molecule has 1 aliphatic rings. The Bertz CT molecular complexity index is 549. The van der Waals surface area contributed by atoms with Gasteiger partial charge in [0, 0.05) is 24.7 Å². The quantitative estimate of drug-likeness (QED) is 0.902. The zero-order valence-electron chi connectivity index (χ0n) is 11.9. The molecule has 2 N–H and O–H groups in total. The fraction of sp³-hybridized carbons (Fsp3) is 0.467. The van der Waals surface area contributed by atoms with Gasteiger partial charge in [0.15, 0.2) is 0 Å². The topological polar surface area (TPSA) is 69.6 Å². The maximum Gasteiger partial charge on any atom is 0.317 e. The Morgan fingerprint density at radius 3 is 2.90 bits per heavy atom. The van der Waals surface area contributed by atoms with Crippen molar-refractivity contribution in [3.8, 4) is 0 Å². The van der Waals surface area contributed by atoms with Gasteiger partial charge in [-0.05, 0) is 37.5 Å². The van der Waals surface area contributed by atoms with E-state index in [1.807, 2.05) is 12.1 Å². The number of amides is 2. The van der Waals surface area contributed by atoms with E-state index in [2.05, 4.69) is 5.32 Å². The predicted molar refractivity (Wildman–Crippen MR) is 80.2 cm³/mol. The van der Waals surface area contributed by atoms with Crippen LogP contribution in [0.4, 0.5) is 4.79 Å². The van der Waals surface area contributed by atoms with Crippen molar-refractivity contribution in [1.29, 1.82) is 0 Å². The van der Waals surface area contributed by atoms with Gasteiger partial charge < -0.3 is 15.3 Å². The maximum absolute atomic E-state index is 12.2. The second-order valence-corrected chi connectivity index (χ2v) is 6.12. The van der Waals surface area contributed by atoms with Crippen molar-refractivity contribution >= 4 is 23.6 Å². The number of likely N-dealkylation sites (tertiary alicyclic amines) is 1. The first-order valence-corrected chi connectivity index (χ1v) is 7.29. The Morgan fingerprint density at radius 1 is 1.48 bits per heavy atom. The number of nitrogens with one attached hydrogen (secondary N) is 1. The molecule has 1 heterocycles. The molecule has 1 aromatic carbocycles. The van der Waals surface area contributed by atoms with E-state index in [0.717, 1.165) is 5.56 Å². The molecule has 0 radical (unpaired) electrons. The fourth-order valence-corrected chi connectivity index (χ4v) is 2.74. The number of piperidine rings is 1. The van der Waals surface area contributed by atoms with Gasteiger partial charge in [-0.25, -0.2) is 4.79 Å². The number of carboxylic acids is 1. The summed E-state index contributed by atoms with van der Waals surface area (Å²) in [6.45, 7) is 2.89. The molecule has 0 aliphatic carbocycles. The number of benzene rings is 1. The smallest absolute Gasteiger partial charge is 0.317 e. The second-order valence-electron chi connectivity index (χ2n) is 5.68. The lowest BCUT2D eigenvalue weighted by Crippen LogP contribution is -2.51. The molecule has 114 valence electrons. The van der Waals surface area contributed by atoms with Gasteiger partial charge in [-0.15, -0.1) is 0 Å². The Balaban J connectivity index is 1.93. The van der Waals surface area contributed by atoms with E-state index in [1.54, 1.807) is 24.0 Å². The molecule has 6 heteroatoms. The summed E-state index contributed by atoms with van der Waals surface area (Å²) in [7, 11) is 0. The molecule has 1 aliphatic heterocycles. The highest BCUT2D eigenvalue weighted by Crippen LogP contribution is 2.29. The molecule has 0 saturated carbocycles. The summed E-state index contributed by atoms with van der Waals surface area (Å²) in [4.78, 5) is 25.0. The van der Waals surface area contributed by atoms with Crippen molar-refractivity contribution in [1.82, 2.24) is 10.2 Å². The number of rotatable bonds is 3. The third-order valence-electron chi connectivity index (χ3n) is 3.83. The van der Waals surface area contributed by atoms with Crippen molar-refractivity contribution in [2.75, 3.05) is 13.1 Å². The average molecular weight is 311 g/mol. The van der Waals surface area contributed by atoms with Crippen molar-refractivity contribution in [3.05, 3.63) is 34.9 Å². The van der Waals surface area contributed by atoms with Crippen molar-refractivity contribution in [3.63, 3.8) is 0 Å². The summed E-state index contributed by atoms with van der Waals surface area (Å²) in [6, 6.07) is 7.03. The molecule has 2 rings (SSSR count). The minimum Gasteiger partial charge on any atom is -0.481 e. The van der Waals surface area contributed by atoms with Gasteiger partial charge in [-0.2, -0.15) is 0 Å². The van der Waals surface area contributed by atoms with E-state index >= 15 is 0 Å². The number of carboxylic acid groups (broad SMARTS) is 1.